The number of rotatable bonds is 8. The van der Waals surface area contributed by atoms with Gasteiger partial charge in [0.15, 0.2) is 17.5 Å². The minimum atomic E-state index is -4.48. The predicted octanol–water partition coefficient (Wildman–Crippen LogP) is 12.4. The Morgan fingerprint density at radius 3 is 1.47 bits per heavy atom. The van der Waals surface area contributed by atoms with Crippen LogP contribution in [0.5, 0.6) is 0 Å². The number of carbonyl (C=O) groups excluding carboxylic acids is 1. The van der Waals surface area contributed by atoms with Crippen LogP contribution in [0.1, 0.15) is 54.5 Å². The molecule has 0 unspecified atom stereocenters. The minimum Gasteiger partial charge on any atom is -0.478 e. The van der Waals surface area contributed by atoms with Crippen LogP contribution in [0.15, 0.2) is 174 Å². The van der Waals surface area contributed by atoms with E-state index in [-0.39, 0.29) is 23.9 Å². The fourth-order valence-corrected chi connectivity index (χ4v) is 7.10. The number of benzene rings is 3. The van der Waals surface area contributed by atoms with Gasteiger partial charge in [-0.25, -0.2) is 4.79 Å². The quantitative estimate of drug-likeness (QED) is 0.0702. The number of hydrogen-bond acceptors (Lipinski definition) is 12. The van der Waals surface area contributed by atoms with Gasteiger partial charge in [0.25, 0.3) is 5.91 Å². The van der Waals surface area contributed by atoms with Crippen molar-refractivity contribution >= 4 is 73.6 Å². The molecule has 0 fully saturated rings. The number of furan rings is 2. The summed E-state index contributed by atoms with van der Waals surface area (Å²) in [7, 11) is 0. The summed E-state index contributed by atoms with van der Waals surface area (Å²) in [5, 5.41) is 28.7. The van der Waals surface area contributed by atoms with Crippen molar-refractivity contribution < 1.29 is 63.0 Å². The number of halogens is 10. The number of amides is 1. The topological polar surface area (TPSA) is 248 Å². The molecule has 0 bridgehead atoms. The van der Waals surface area contributed by atoms with E-state index in [1.54, 1.807) is 15.4 Å². The third kappa shape index (κ3) is 15.2. The highest BCUT2D eigenvalue weighted by Crippen LogP contribution is 2.30. The first-order valence-electron chi connectivity index (χ1n) is 22.7. The Morgan fingerprint density at radius 2 is 1.03 bits per heavy atom. The second-order valence-electron chi connectivity index (χ2n) is 16.3. The number of carboxylic acid groups (broad SMARTS) is 1. The third-order valence-corrected chi connectivity index (χ3v) is 11.1. The highest BCUT2D eigenvalue weighted by molar-refractivity contribution is 6.17. The molecule has 408 valence electrons. The molecule has 0 aliphatic carbocycles. The lowest BCUT2D eigenvalue weighted by molar-refractivity contribution is -0.142. The second-order valence-corrected chi connectivity index (χ2v) is 16.6. The molecule has 8 heterocycles. The van der Waals surface area contributed by atoms with Gasteiger partial charge >= 0.3 is 24.5 Å². The number of nitrogens with zero attached hydrogens (tertiary/aromatic N) is 8. The van der Waals surface area contributed by atoms with Crippen molar-refractivity contribution in [2.75, 3.05) is 16.8 Å². The smallest absolute Gasteiger partial charge is 0.433 e. The maximum Gasteiger partial charge on any atom is 0.433 e. The Morgan fingerprint density at radius 1 is 0.570 bits per heavy atom. The van der Waals surface area contributed by atoms with Crippen molar-refractivity contribution in [2.24, 2.45) is 0 Å². The van der Waals surface area contributed by atoms with Crippen LogP contribution in [0.2, 0.25) is 0 Å². The van der Waals surface area contributed by atoms with E-state index in [9.17, 15) is 49.1 Å². The van der Waals surface area contributed by atoms with Gasteiger partial charge in [0.1, 0.15) is 29.6 Å². The van der Waals surface area contributed by atoms with Crippen LogP contribution in [0, 0.1) is 0 Å². The summed E-state index contributed by atoms with van der Waals surface area (Å²) in [6.07, 6.45) is -4.57. The van der Waals surface area contributed by atoms with Gasteiger partial charge in [0.05, 0.1) is 53.3 Å². The number of alkyl halides is 10. The molecule has 0 aliphatic heterocycles. The van der Waals surface area contributed by atoms with Crippen LogP contribution in [0.25, 0.3) is 32.7 Å². The number of para-hydroxylation sites is 3. The first-order chi connectivity index (χ1) is 37.6. The number of aromatic carboxylic acids is 1. The van der Waals surface area contributed by atoms with E-state index in [0.717, 1.165) is 51.7 Å². The van der Waals surface area contributed by atoms with Crippen LogP contribution >= 0.6 is 11.6 Å². The van der Waals surface area contributed by atoms with E-state index in [2.05, 4.69) is 45.1 Å². The van der Waals surface area contributed by atoms with Crippen LogP contribution in [0.4, 0.5) is 57.0 Å². The minimum absolute atomic E-state index is 0.172. The number of aromatic amines is 1. The van der Waals surface area contributed by atoms with Gasteiger partial charge in [-0.1, -0.05) is 54.6 Å². The molecule has 0 aliphatic rings. The molecule has 8 aromatic heterocycles. The molecule has 0 atom stereocenters. The number of carbonyl (C=O) groups is 2. The molecular formula is C52H40ClF9N12O5. The Kier molecular flexibility index (Phi) is 18.0. The molecule has 0 radical (unpaired) electrons. The normalized spacial score (nSPS) is 11.3. The summed E-state index contributed by atoms with van der Waals surface area (Å²) in [5.74, 6) is 0.146. The monoisotopic (exact) mass is 1120 g/mol. The Bertz CT molecular complexity index is 3730. The lowest BCUT2D eigenvalue weighted by Crippen LogP contribution is -2.12. The number of carboxylic acids is 1. The standard InChI is InChI=1S/C19H13F3N4O2.C14H11F3N4.C7H5ClF3N.C7H7N3.C5H4O3/c20-19(21,22)16-6-5-12(9-23-16)10-26-15-4-2-1-3-14(15)17(25-26)24-18(27)13-7-8-28-11-13;15-14(16,17)12-6-5-9(7-19-12)8-21-11-4-2-1-3-10(11)13(18)20-21;8-3-5-1-2-6(12-4-5)7(9,10)11;8-7-5-3-1-2-4-6(5)9-10-7;6-5(7)4-1-2-8-3-4/h1-9,11H,10H2,(H,24,25,27);1-7H,8H2,(H2,18,20);1-2,4H,3H2;1-4H,(H3,8,9,10);1-3H,(H,6,7). The fourth-order valence-electron chi connectivity index (χ4n) is 6.95. The van der Waals surface area contributed by atoms with E-state index in [4.69, 9.17) is 32.6 Å². The maximum absolute atomic E-state index is 12.7. The Labute approximate surface area is 444 Å². The van der Waals surface area contributed by atoms with Gasteiger partial charge in [-0.05, 0) is 83.4 Å². The van der Waals surface area contributed by atoms with Crippen LogP contribution in [-0.4, -0.2) is 61.7 Å². The average Bonchev–Trinajstić information content (AvgIpc) is 4.40. The number of fused-ring (bicyclic) bond motifs is 3. The van der Waals surface area contributed by atoms with Gasteiger partial charge in [0, 0.05) is 40.6 Å². The van der Waals surface area contributed by atoms with Gasteiger partial charge in [-0.15, -0.1) is 11.6 Å². The zero-order chi connectivity index (χ0) is 56.9. The van der Waals surface area contributed by atoms with Crippen molar-refractivity contribution in [1.82, 2.24) is 44.7 Å². The van der Waals surface area contributed by atoms with Crippen molar-refractivity contribution in [2.45, 2.75) is 37.5 Å². The average molecular weight is 1120 g/mol. The van der Waals surface area contributed by atoms with E-state index < -0.39 is 41.6 Å². The van der Waals surface area contributed by atoms with Gasteiger partial charge in [-0.3, -0.25) is 34.2 Å². The van der Waals surface area contributed by atoms with Crippen molar-refractivity contribution in [3.05, 3.63) is 210 Å². The summed E-state index contributed by atoms with van der Waals surface area (Å²) >= 11 is 5.37. The lowest BCUT2D eigenvalue weighted by Gasteiger charge is -2.07. The molecule has 0 saturated heterocycles. The summed E-state index contributed by atoms with van der Waals surface area (Å²) in [4.78, 5) is 32.4. The number of nitrogen functional groups attached to an aromatic ring is 2. The number of aromatic nitrogens is 9. The molecule has 0 spiro atoms. The molecule has 0 saturated carbocycles. The molecule has 79 heavy (non-hydrogen) atoms. The summed E-state index contributed by atoms with van der Waals surface area (Å²) in [5.41, 5.74) is 13.4. The van der Waals surface area contributed by atoms with E-state index in [1.807, 2.05) is 66.7 Å². The predicted molar refractivity (Wildman–Crippen MR) is 272 cm³/mol. The number of pyridine rings is 3. The fraction of sp³-hybridized carbons (Fsp3) is 0.115. The van der Waals surface area contributed by atoms with Crippen molar-refractivity contribution in [3.8, 4) is 0 Å². The van der Waals surface area contributed by atoms with Crippen LogP contribution in [0.3, 0.4) is 0 Å². The number of H-pyrrole nitrogens is 1. The number of nitrogens with two attached hydrogens (primary N) is 2. The summed E-state index contributed by atoms with van der Waals surface area (Å²) in [6, 6.07) is 32.2. The number of nitrogens with one attached hydrogen (secondary N) is 2. The van der Waals surface area contributed by atoms with Crippen molar-refractivity contribution in [1.29, 1.82) is 0 Å². The molecule has 17 nitrogen and oxygen atoms in total. The zero-order valence-corrected chi connectivity index (χ0v) is 41.1. The molecule has 7 N–H and O–H groups in total. The Balaban J connectivity index is 0.000000155. The zero-order valence-electron chi connectivity index (χ0n) is 40.3. The van der Waals surface area contributed by atoms with E-state index in [0.29, 0.717) is 51.6 Å². The highest BCUT2D eigenvalue weighted by Gasteiger charge is 2.33. The molecule has 3 aromatic carbocycles. The van der Waals surface area contributed by atoms with Gasteiger partial charge in [-0.2, -0.15) is 54.8 Å². The number of anilines is 3. The molecule has 11 aromatic rings. The summed E-state index contributed by atoms with van der Waals surface area (Å²) < 4.78 is 124. The lowest BCUT2D eigenvalue weighted by atomic mass is 10.2. The molecule has 11 rings (SSSR count). The first kappa shape index (κ1) is 57.0. The van der Waals surface area contributed by atoms with Gasteiger partial charge < -0.3 is 30.7 Å². The van der Waals surface area contributed by atoms with E-state index >= 15 is 0 Å². The SMILES string of the molecule is FC(F)(F)c1ccc(CCl)cn1.Nc1n[nH]c2ccccc12.Nc1nn(Cc2ccc(C(F)(F)F)nc2)c2ccccc12.O=C(Nc1nn(Cc2ccc(C(F)(F)F)nc2)c2ccccc12)c1ccoc1.O=C(O)c1ccoc1. The summed E-state index contributed by atoms with van der Waals surface area (Å²) in [6.45, 7) is 0.510. The van der Waals surface area contributed by atoms with E-state index in [1.165, 1.54) is 67.8 Å². The molecule has 27 heteroatoms. The maximum atomic E-state index is 12.7. The van der Waals surface area contributed by atoms with Gasteiger partial charge in [0.2, 0.25) is 0 Å². The van der Waals surface area contributed by atoms with Crippen LogP contribution in [-0.2, 0) is 37.5 Å². The van der Waals surface area contributed by atoms with Crippen molar-refractivity contribution in [3.63, 3.8) is 0 Å². The third-order valence-electron chi connectivity index (χ3n) is 10.8. The highest BCUT2D eigenvalue weighted by atomic mass is 35.5. The first-order valence-corrected chi connectivity index (χ1v) is 23.2. The molecule has 1 amide bonds. The second kappa shape index (κ2) is 25.0. The largest absolute Gasteiger partial charge is 0.478 e. The van der Waals surface area contributed by atoms with Crippen LogP contribution < -0.4 is 16.8 Å². The molecular weight excluding hydrogens is 1080 g/mol. The Hall–Kier alpha value is -9.72. The number of hydrogen-bond donors (Lipinski definition) is 5.